The van der Waals surface area contributed by atoms with Gasteiger partial charge in [-0.25, -0.2) is 14.6 Å². The lowest BCUT2D eigenvalue weighted by molar-refractivity contribution is -0.173. The molecule has 6 heterocycles. The van der Waals surface area contributed by atoms with Gasteiger partial charge in [0.25, 0.3) is 5.56 Å². The van der Waals surface area contributed by atoms with Crippen LogP contribution >= 0.6 is 21.6 Å². The first-order valence-electron chi connectivity index (χ1n) is 41.3. The number of aliphatic hydroxyl groups excluding tert-OH is 5. The third kappa shape index (κ3) is 24.6. The van der Waals surface area contributed by atoms with Crippen LogP contribution in [0.1, 0.15) is 99.6 Å². The summed E-state index contributed by atoms with van der Waals surface area (Å²) in [5.41, 5.74) is 12.7. The average molecular weight is 1800 g/mol. The van der Waals surface area contributed by atoms with E-state index in [1.54, 1.807) is 79.9 Å². The Morgan fingerprint density at radius 2 is 1.31 bits per heavy atom. The van der Waals surface area contributed by atoms with Gasteiger partial charge in [-0.05, 0) is 99.2 Å². The van der Waals surface area contributed by atoms with Crippen LogP contribution in [0, 0.1) is 0 Å². The molecule has 1 fully saturated rings. The molecular formula is C85H105N17O23S2. The molecule has 680 valence electrons. The van der Waals surface area contributed by atoms with Crippen LogP contribution in [0.25, 0.3) is 33.2 Å². The van der Waals surface area contributed by atoms with E-state index in [0.29, 0.717) is 55.8 Å². The zero-order chi connectivity index (χ0) is 91.9. The number of phenolic OH excluding ortho intramolecular Hbond substituents is 1. The summed E-state index contributed by atoms with van der Waals surface area (Å²) >= 11 is 0. The first kappa shape index (κ1) is 96.6. The number of hydrogen-bond donors (Lipinski definition) is 20. The van der Waals surface area contributed by atoms with E-state index in [2.05, 4.69) is 63.5 Å². The van der Waals surface area contributed by atoms with Gasteiger partial charge in [0.05, 0.1) is 61.0 Å². The highest BCUT2D eigenvalue weighted by molar-refractivity contribution is 8.76. The van der Waals surface area contributed by atoms with E-state index in [0.717, 1.165) is 40.8 Å². The molecule has 4 aromatic carbocycles. The quantitative estimate of drug-likeness (QED) is 0.0144. The molecule has 40 nitrogen and oxygen atoms in total. The fourth-order valence-corrected chi connectivity index (χ4v) is 17.0. The van der Waals surface area contributed by atoms with Crippen molar-refractivity contribution >= 4 is 126 Å². The van der Waals surface area contributed by atoms with Gasteiger partial charge < -0.3 is 120 Å². The molecule has 0 bridgehead atoms. The van der Waals surface area contributed by atoms with Crippen LogP contribution in [0.3, 0.4) is 0 Å². The van der Waals surface area contributed by atoms with Crippen molar-refractivity contribution in [1.29, 1.82) is 0 Å². The van der Waals surface area contributed by atoms with Gasteiger partial charge in [-0.1, -0.05) is 127 Å². The van der Waals surface area contributed by atoms with E-state index in [1.165, 1.54) is 41.8 Å². The Labute approximate surface area is 735 Å². The molecule has 42 heteroatoms. The lowest BCUT2D eigenvalue weighted by Crippen LogP contribution is -2.63. The highest BCUT2D eigenvalue weighted by Gasteiger charge is 2.52. The van der Waals surface area contributed by atoms with Crippen LogP contribution in [0.15, 0.2) is 126 Å². The number of carbonyl (C=O) groups excluding carboxylic acids is 14. The number of benzene rings is 4. The molecule has 0 spiro atoms. The minimum absolute atomic E-state index is 0.00143. The predicted molar refractivity (Wildman–Crippen MR) is 462 cm³/mol. The van der Waals surface area contributed by atoms with E-state index < -0.39 is 230 Å². The molecule has 127 heavy (non-hydrogen) atoms. The maximum absolute atomic E-state index is 15.3. The third-order valence-electron chi connectivity index (χ3n) is 21.7. The number of aromatic amines is 1. The molecule has 0 aliphatic carbocycles. The van der Waals surface area contributed by atoms with E-state index >= 15 is 9.59 Å². The van der Waals surface area contributed by atoms with E-state index in [1.807, 2.05) is 18.2 Å². The number of aliphatic hydroxyl groups is 5. The summed E-state index contributed by atoms with van der Waals surface area (Å²) in [6.45, 7) is 0.529. The van der Waals surface area contributed by atoms with Crippen LogP contribution in [0.2, 0.25) is 0 Å². The molecule has 3 aliphatic rings. The van der Waals surface area contributed by atoms with Gasteiger partial charge in [-0.3, -0.25) is 67.2 Å². The number of aromatic nitrogens is 3. The van der Waals surface area contributed by atoms with Gasteiger partial charge in [0.1, 0.15) is 85.4 Å². The number of fused-ring (bicyclic) bond motifs is 6. The number of nitrogens with one attached hydrogen (secondary N) is 12. The number of aromatic hydroxyl groups is 1. The minimum atomic E-state index is -2.27. The Balaban J connectivity index is 0.890. The number of primary amides is 1. The van der Waals surface area contributed by atoms with E-state index in [-0.39, 0.29) is 80.5 Å². The Kier molecular flexibility index (Phi) is 34.3. The molecule has 14 atom stereocenters. The monoisotopic (exact) mass is 1800 g/mol. The number of nitrogens with zero attached hydrogens (tertiary/aromatic N) is 3. The first-order valence-corrected chi connectivity index (χ1v) is 43.8. The van der Waals surface area contributed by atoms with Crippen LogP contribution in [0.4, 0.5) is 4.79 Å². The van der Waals surface area contributed by atoms with Crippen molar-refractivity contribution in [2.45, 2.75) is 183 Å². The largest absolute Gasteiger partial charge is 0.508 e. The summed E-state index contributed by atoms with van der Waals surface area (Å²) in [5, 5.41) is 92.8. The normalized spacial score (nSPS) is 20.3. The lowest BCUT2D eigenvalue weighted by atomic mass is 9.85. The summed E-state index contributed by atoms with van der Waals surface area (Å²) < 4.78 is 12.9. The maximum Gasteiger partial charge on any atom is 0.411 e. The number of para-hydroxylation sites is 2. The van der Waals surface area contributed by atoms with Crippen molar-refractivity contribution in [2.75, 3.05) is 51.0 Å². The Bertz CT molecular complexity index is 5250. The second kappa shape index (κ2) is 45.0. The summed E-state index contributed by atoms with van der Waals surface area (Å²) in [7, 11) is 1.53. The number of amides is 13. The van der Waals surface area contributed by atoms with Crippen molar-refractivity contribution < 1.29 is 107 Å². The molecule has 1 saturated heterocycles. The molecule has 10 rings (SSSR count). The van der Waals surface area contributed by atoms with Gasteiger partial charge in [-0.2, -0.15) is 0 Å². The van der Waals surface area contributed by atoms with Gasteiger partial charge in [0.2, 0.25) is 76.5 Å². The fraction of sp³-hybridized carbons (Fsp3) is 0.435. The van der Waals surface area contributed by atoms with Crippen LogP contribution in [0.5, 0.6) is 5.75 Å². The van der Waals surface area contributed by atoms with E-state index in [9.17, 15) is 93.0 Å². The molecule has 7 aromatic rings. The zero-order valence-electron chi connectivity index (χ0n) is 69.9. The number of phenols is 1. The molecule has 0 radical (unpaired) electrons. The number of ether oxygens (including phenoxy) is 2. The fourth-order valence-electron chi connectivity index (χ4n) is 14.7. The smallest absolute Gasteiger partial charge is 0.411 e. The third-order valence-corrected chi connectivity index (χ3v) is 24.1. The molecule has 0 saturated carbocycles. The van der Waals surface area contributed by atoms with Gasteiger partial charge in [-0.15, -0.1) is 0 Å². The summed E-state index contributed by atoms with van der Waals surface area (Å²) in [5.74, 6) is -15.6. The summed E-state index contributed by atoms with van der Waals surface area (Å²) in [6.07, 6.45) is -3.85. The average Bonchev–Trinajstić information content (AvgIpc) is 1.64. The summed E-state index contributed by atoms with van der Waals surface area (Å²) in [6, 6.07) is 12.2. The number of nitrogens with two attached hydrogens (primary N) is 2. The van der Waals surface area contributed by atoms with E-state index in [4.69, 9.17) is 25.9 Å². The van der Waals surface area contributed by atoms with Gasteiger partial charge >= 0.3 is 12.1 Å². The van der Waals surface area contributed by atoms with Gasteiger partial charge in [0.15, 0.2) is 0 Å². The second-order valence-corrected chi connectivity index (χ2v) is 33.4. The molecule has 3 aromatic heterocycles. The highest BCUT2D eigenvalue weighted by atomic mass is 33.1. The topological polar surface area (TPSA) is 617 Å². The maximum atomic E-state index is 15.3. The summed E-state index contributed by atoms with van der Waals surface area (Å²) in [4.78, 5) is 225. The minimum Gasteiger partial charge on any atom is -0.508 e. The van der Waals surface area contributed by atoms with Crippen LogP contribution in [-0.2, 0) is 110 Å². The number of H-pyrrole nitrogens is 1. The Morgan fingerprint density at radius 3 is 1.99 bits per heavy atom. The number of carbonyl (C=O) groups is 14. The van der Waals surface area contributed by atoms with Crippen molar-refractivity contribution in [1.82, 2.24) is 77.9 Å². The molecule has 13 amide bonds. The zero-order valence-corrected chi connectivity index (χ0v) is 71.6. The van der Waals surface area contributed by atoms with Crippen molar-refractivity contribution in [3.63, 3.8) is 0 Å². The number of unbranched alkanes of at least 4 members (excludes halogenated alkanes) is 1. The van der Waals surface area contributed by atoms with Crippen LogP contribution in [-0.4, -0.2) is 263 Å². The number of rotatable bonds is 34. The van der Waals surface area contributed by atoms with Crippen molar-refractivity contribution in [2.24, 2.45) is 11.5 Å². The predicted octanol–water partition coefficient (Wildman–Crippen LogP) is -2.68. The first-order chi connectivity index (χ1) is 60.8. The molecule has 0 unspecified atom stereocenters. The molecular weight excluding hydrogens is 1690 g/mol. The Morgan fingerprint density at radius 1 is 0.685 bits per heavy atom. The number of cyclic esters (lactones) is 1. The van der Waals surface area contributed by atoms with Gasteiger partial charge in [0, 0.05) is 70.9 Å². The number of hydrogen-bond acceptors (Lipinski definition) is 27. The second-order valence-electron chi connectivity index (χ2n) is 30.9. The molecule has 22 N–H and O–H groups in total. The Hall–Kier alpha value is -12.6. The van der Waals surface area contributed by atoms with Crippen LogP contribution < -0.4 is 75.5 Å². The highest BCUT2D eigenvalue weighted by Crippen LogP contribution is 2.42. The number of pyridine rings is 2. The lowest BCUT2D eigenvalue weighted by Gasteiger charge is -2.37. The molecule has 3 aliphatic heterocycles. The SMILES string of the molecule is CCCC[C@H](NC(=O)[C@@H](CO)NC(=O)CN(CCO)C(=O)O[C@]1(CC)C(=O)OCc2c1cc1n(c2=O)Cc2cc3ccccc3nc2-1)C(=O)N[C@H](Cc1ccc(O)cc1)C(=O)N[C@H](CO)C(=O)N[C@@H]1CSSC[C@H](C(=O)N[C@H](C(N)=O)[C@@H](C)O)NC(=O)[C@H]([C@@H](C)O)NC(=O)[C@H](CCCN)NC(=O)[C@@H](Cc2c[nH]c3ccccc23)NC(=O)[C@H](Cc2ccccc2)NC1=O. The van der Waals surface area contributed by atoms with Crippen molar-refractivity contribution in [3.05, 3.63) is 165 Å². The standard InChI is InChI=1S/C85H105N17O23S2/c1-5-7-20-57(92-77(116)62(39-104)89-67(109)38-101(29-30-103)84(123)125-85(6-2)54-35-66-70-50(33-48-18-11-13-21-55(48)90-70)37-102(66)82(121)53(54)41-124-83(85)122)72(111)93-60(32-47-24-26-51(108)27-25-47)75(114)96-63(40-105)78(117)97-64-42-126-127-43-65(80(119)99-68(44(3)106)71(87)110)98-81(120)69(45(4)107)100-73(112)58(23-15-28-86)91-76(115)61(34-49-36-88-56-22-14-12-19-52(49)56)95-74(113)59(94-79(64)118)31-46-16-9-8-10-17-46/h8-14,16-19,21-22,24-27,33,35-36,44-45,57-65,68-69,88,103-108H,5-7,15,20,23,28-32,34,37-43,86H2,1-4H3,(H2,87,110)(H,89,109)(H,91,115)(H,92,116)(H,93,111)(H,94,118)(H,95,113)(H,96,114)(H,97,117)(H,98,120)(H,99,119)(H,100,112)/t44-,45-,57+,58+,59+,60-,61-,62-,63-,64-,65-,68+,69+,85+/m1/s1. The van der Waals surface area contributed by atoms with Crippen molar-refractivity contribution in [3.8, 4) is 17.1 Å². The number of esters is 1.